The molecule has 0 atom stereocenters. The molecule has 2 aromatic carbocycles. The highest BCUT2D eigenvalue weighted by atomic mass is 16.5. The van der Waals surface area contributed by atoms with Crippen LogP contribution >= 0.6 is 0 Å². The van der Waals surface area contributed by atoms with Gasteiger partial charge in [0.15, 0.2) is 6.61 Å². The second kappa shape index (κ2) is 7.45. The smallest absolute Gasteiger partial charge is 0.338 e. The van der Waals surface area contributed by atoms with E-state index in [1.165, 1.54) is 0 Å². The van der Waals surface area contributed by atoms with Gasteiger partial charge in [0.1, 0.15) is 5.75 Å². The van der Waals surface area contributed by atoms with Gasteiger partial charge in [0.05, 0.1) is 12.7 Å². The number of anilines is 1. The number of aryl methyl sites for hydroxylation is 2. The first-order chi connectivity index (χ1) is 11.0. The number of esters is 1. The zero-order valence-corrected chi connectivity index (χ0v) is 13.4. The predicted octanol–water partition coefficient (Wildman–Crippen LogP) is 3.11. The van der Waals surface area contributed by atoms with Crippen LogP contribution in [0, 0.1) is 13.8 Å². The van der Waals surface area contributed by atoms with Gasteiger partial charge >= 0.3 is 5.97 Å². The van der Waals surface area contributed by atoms with Crippen LogP contribution in [0.15, 0.2) is 42.5 Å². The second-order valence-corrected chi connectivity index (χ2v) is 5.23. The number of rotatable bonds is 5. The Kier molecular flexibility index (Phi) is 5.36. The number of amides is 1. The van der Waals surface area contributed by atoms with Crippen molar-refractivity contribution in [2.75, 3.05) is 19.0 Å². The normalized spacial score (nSPS) is 10.0. The number of carbonyl (C=O) groups is 2. The zero-order chi connectivity index (χ0) is 16.8. The summed E-state index contributed by atoms with van der Waals surface area (Å²) in [5.41, 5.74) is 2.96. The van der Waals surface area contributed by atoms with Crippen molar-refractivity contribution < 1.29 is 19.1 Å². The summed E-state index contributed by atoms with van der Waals surface area (Å²) in [6, 6.07) is 12.4. The molecule has 2 aromatic rings. The Balaban J connectivity index is 1.92. The average molecular weight is 313 g/mol. The first-order valence-electron chi connectivity index (χ1n) is 7.17. The molecular weight excluding hydrogens is 294 g/mol. The Morgan fingerprint density at radius 1 is 1.04 bits per heavy atom. The maximum Gasteiger partial charge on any atom is 0.338 e. The van der Waals surface area contributed by atoms with Crippen LogP contribution in [-0.4, -0.2) is 25.6 Å². The van der Waals surface area contributed by atoms with Gasteiger partial charge < -0.3 is 14.8 Å². The standard InChI is InChI=1S/C18H19NO4/c1-12-7-13(2)9-14(8-12)18(21)23-11-17(20)19-15-5-4-6-16(10-15)22-3/h4-10H,11H2,1-3H3,(H,19,20). The van der Waals surface area contributed by atoms with Crippen LogP contribution in [0.1, 0.15) is 21.5 Å². The van der Waals surface area contributed by atoms with Crippen LogP contribution in [-0.2, 0) is 9.53 Å². The highest BCUT2D eigenvalue weighted by molar-refractivity contribution is 5.95. The summed E-state index contributed by atoms with van der Waals surface area (Å²) in [5.74, 6) is -0.288. The molecule has 0 spiro atoms. The second-order valence-electron chi connectivity index (χ2n) is 5.23. The summed E-state index contributed by atoms with van der Waals surface area (Å²) in [7, 11) is 1.55. The third-order valence-corrected chi connectivity index (χ3v) is 3.15. The van der Waals surface area contributed by atoms with Gasteiger partial charge in [-0.1, -0.05) is 23.3 Å². The maximum atomic E-state index is 12.0. The maximum absolute atomic E-state index is 12.0. The SMILES string of the molecule is COc1cccc(NC(=O)COC(=O)c2cc(C)cc(C)c2)c1. The average Bonchev–Trinajstić information content (AvgIpc) is 2.51. The number of ether oxygens (including phenoxy) is 2. The molecule has 2 rings (SSSR count). The van der Waals surface area contributed by atoms with Crippen molar-refractivity contribution in [2.45, 2.75) is 13.8 Å². The highest BCUT2D eigenvalue weighted by Gasteiger charge is 2.11. The molecule has 5 nitrogen and oxygen atoms in total. The first kappa shape index (κ1) is 16.5. The lowest BCUT2D eigenvalue weighted by Gasteiger charge is -2.08. The van der Waals surface area contributed by atoms with Crippen molar-refractivity contribution in [3.05, 3.63) is 59.2 Å². The Hall–Kier alpha value is -2.82. The first-order valence-corrected chi connectivity index (χ1v) is 7.17. The summed E-state index contributed by atoms with van der Waals surface area (Å²) >= 11 is 0. The molecule has 0 aliphatic carbocycles. The molecule has 0 fully saturated rings. The van der Waals surface area contributed by atoms with Gasteiger partial charge in [0.2, 0.25) is 0 Å². The fourth-order valence-corrected chi connectivity index (χ4v) is 2.20. The minimum atomic E-state index is -0.516. The van der Waals surface area contributed by atoms with E-state index in [2.05, 4.69) is 5.32 Å². The van der Waals surface area contributed by atoms with Crippen LogP contribution < -0.4 is 10.1 Å². The fraction of sp³-hybridized carbons (Fsp3) is 0.222. The number of hydrogen-bond donors (Lipinski definition) is 1. The summed E-state index contributed by atoms with van der Waals surface area (Å²) in [5, 5.41) is 2.65. The molecular formula is C18H19NO4. The van der Waals surface area contributed by atoms with Crippen LogP contribution in [0.4, 0.5) is 5.69 Å². The lowest BCUT2D eigenvalue weighted by Crippen LogP contribution is -2.21. The Morgan fingerprint density at radius 3 is 2.39 bits per heavy atom. The van der Waals surface area contributed by atoms with Gasteiger partial charge in [0, 0.05) is 11.8 Å². The monoisotopic (exact) mass is 313 g/mol. The molecule has 1 N–H and O–H groups in total. The van der Waals surface area contributed by atoms with Crippen molar-refractivity contribution in [2.24, 2.45) is 0 Å². The topological polar surface area (TPSA) is 64.6 Å². The van der Waals surface area contributed by atoms with E-state index >= 15 is 0 Å². The molecule has 0 heterocycles. The molecule has 23 heavy (non-hydrogen) atoms. The van der Waals surface area contributed by atoms with Crippen molar-refractivity contribution in [3.63, 3.8) is 0 Å². The summed E-state index contributed by atoms with van der Waals surface area (Å²) < 4.78 is 10.1. The molecule has 0 aromatic heterocycles. The van der Waals surface area contributed by atoms with E-state index in [4.69, 9.17) is 9.47 Å². The van der Waals surface area contributed by atoms with Crippen LogP contribution in [0.5, 0.6) is 5.75 Å². The fourth-order valence-electron chi connectivity index (χ4n) is 2.20. The van der Waals surface area contributed by atoms with E-state index in [9.17, 15) is 9.59 Å². The Morgan fingerprint density at radius 2 is 1.74 bits per heavy atom. The van der Waals surface area contributed by atoms with Crippen molar-refractivity contribution in [1.82, 2.24) is 0 Å². The molecule has 0 saturated carbocycles. The Bertz CT molecular complexity index is 704. The molecule has 1 amide bonds. The van der Waals surface area contributed by atoms with Crippen molar-refractivity contribution in [3.8, 4) is 5.75 Å². The lowest BCUT2D eigenvalue weighted by atomic mass is 10.1. The number of carbonyl (C=O) groups excluding carboxylic acids is 2. The van der Waals surface area contributed by atoms with Crippen LogP contribution in [0.2, 0.25) is 0 Å². The Labute approximate surface area is 135 Å². The van der Waals surface area contributed by atoms with E-state index in [0.29, 0.717) is 17.0 Å². The lowest BCUT2D eigenvalue weighted by molar-refractivity contribution is -0.119. The van der Waals surface area contributed by atoms with E-state index in [1.807, 2.05) is 19.9 Å². The zero-order valence-electron chi connectivity index (χ0n) is 13.4. The summed E-state index contributed by atoms with van der Waals surface area (Å²) in [4.78, 5) is 23.8. The van der Waals surface area contributed by atoms with E-state index in [-0.39, 0.29) is 6.61 Å². The number of hydrogen-bond acceptors (Lipinski definition) is 4. The largest absolute Gasteiger partial charge is 0.497 e. The predicted molar refractivity (Wildman–Crippen MR) is 87.8 cm³/mol. The number of nitrogens with one attached hydrogen (secondary N) is 1. The molecule has 0 saturated heterocycles. The minimum absolute atomic E-state index is 0.344. The minimum Gasteiger partial charge on any atom is -0.497 e. The van der Waals surface area contributed by atoms with Gasteiger partial charge in [-0.05, 0) is 38.1 Å². The van der Waals surface area contributed by atoms with Crippen molar-refractivity contribution >= 4 is 17.6 Å². The van der Waals surface area contributed by atoms with Gasteiger partial charge in [-0.25, -0.2) is 4.79 Å². The molecule has 120 valence electrons. The number of benzene rings is 2. The number of methoxy groups -OCH3 is 1. The molecule has 5 heteroatoms. The van der Waals surface area contributed by atoms with Gasteiger partial charge in [-0.3, -0.25) is 4.79 Å². The third-order valence-electron chi connectivity index (χ3n) is 3.15. The molecule has 0 radical (unpaired) electrons. The molecule has 0 aliphatic heterocycles. The third kappa shape index (κ3) is 4.85. The summed E-state index contributed by atoms with van der Waals surface area (Å²) in [6.07, 6.45) is 0. The van der Waals surface area contributed by atoms with Crippen LogP contribution in [0.25, 0.3) is 0 Å². The van der Waals surface area contributed by atoms with Gasteiger partial charge in [-0.2, -0.15) is 0 Å². The summed E-state index contributed by atoms with van der Waals surface area (Å²) in [6.45, 7) is 3.46. The van der Waals surface area contributed by atoms with Gasteiger partial charge in [0.25, 0.3) is 5.91 Å². The highest BCUT2D eigenvalue weighted by Crippen LogP contribution is 2.16. The van der Waals surface area contributed by atoms with E-state index < -0.39 is 11.9 Å². The molecule has 0 aliphatic rings. The molecule has 0 bridgehead atoms. The van der Waals surface area contributed by atoms with Gasteiger partial charge in [-0.15, -0.1) is 0 Å². The van der Waals surface area contributed by atoms with Crippen LogP contribution in [0.3, 0.4) is 0 Å². The van der Waals surface area contributed by atoms with E-state index in [0.717, 1.165) is 11.1 Å². The molecule has 0 unspecified atom stereocenters. The van der Waals surface area contributed by atoms with E-state index in [1.54, 1.807) is 43.5 Å². The quantitative estimate of drug-likeness (QED) is 0.861. The van der Waals surface area contributed by atoms with Crippen molar-refractivity contribution in [1.29, 1.82) is 0 Å².